The van der Waals surface area contributed by atoms with E-state index in [0.29, 0.717) is 6.61 Å². The number of fused-ring (bicyclic) bond motifs is 1. The van der Waals surface area contributed by atoms with E-state index in [1.54, 1.807) is 0 Å². The number of esters is 1. The number of rotatable bonds is 3. The molecule has 2 aromatic carbocycles. The van der Waals surface area contributed by atoms with Gasteiger partial charge in [0.05, 0.1) is 18.6 Å². The van der Waals surface area contributed by atoms with Gasteiger partial charge in [-0.2, -0.15) is 5.06 Å². The molecule has 4 atom stereocenters. The molecule has 118 valence electrons. The van der Waals surface area contributed by atoms with Gasteiger partial charge in [-0.3, -0.25) is 9.63 Å². The van der Waals surface area contributed by atoms with Crippen molar-refractivity contribution < 1.29 is 14.4 Å². The summed E-state index contributed by atoms with van der Waals surface area (Å²) in [4.78, 5) is 18.5. The smallest absolute Gasteiger partial charge is 0.326 e. The highest BCUT2D eigenvalue weighted by atomic mass is 16.7. The molecule has 2 aliphatic heterocycles. The minimum atomic E-state index is -0.338. The molecular formula is C19H19NO3. The molecule has 4 heteroatoms. The summed E-state index contributed by atoms with van der Waals surface area (Å²) in [6, 6.07) is 19.8. The van der Waals surface area contributed by atoms with E-state index >= 15 is 0 Å². The fourth-order valence-electron chi connectivity index (χ4n) is 3.51. The Morgan fingerprint density at radius 1 is 1.04 bits per heavy atom. The van der Waals surface area contributed by atoms with Crippen LogP contribution in [-0.4, -0.2) is 23.7 Å². The fourth-order valence-corrected chi connectivity index (χ4v) is 3.51. The Morgan fingerprint density at radius 3 is 2.39 bits per heavy atom. The van der Waals surface area contributed by atoms with Crippen molar-refractivity contribution in [2.24, 2.45) is 5.92 Å². The molecule has 0 bridgehead atoms. The highest BCUT2D eigenvalue weighted by Crippen LogP contribution is 2.45. The van der Waals surface area contributed by atoms with E-state index in [1.165, 1.54) is 0 Å². The number of carbonyl (C=O) groups excluding carboxylic acids is 1. The lowest BCUT2D eigenvalue weighted by molar-refractivity contribution is -0.202. The number of ether oxygens (including phenoxy) is 1. The summed E-state index contributed by atoms with van der Waals surface area (Å²) in [7, 11) is 0. The Bertz CT molecular complexity index is 688. The van der Waals surface area contributed by atoms with Crippen LogP contribution in [0.4, 0.5) is 0 Å². The van der Waals surface area contributed by atoms with E-state index in [9.17, 15) is 4.79 Å². The van der Waals surface area contributed by atoms with Crippen LogP contribution in [0.25, 0.3) is 0 Å². The first-order chi connectivity index (χ1) is 11.3. The van der Waals surface area contributed by atoms with Crippen molar-refractivity contribution in [1.29, 1.82) is 0 Å². The summed E-state index contributed by atoms with van der Waals surface area (Å²) in [5.74, 6) is -0.146. The Morgan fingerprint density at radius 2 is 1.70 bits per heavy atom. The molecule has 4 nitrogen and oxygen atoms in total. The second-order valence-corrected chi connectivity index (χ2v) is 6.12. The molecule has 2 aromatic rings. The molecule has 0 radical (unpaired) electrons. The van der Waals surface area contributed by atoms with Gasteiger partial charge in [-0.25, -0.2) is 0 Å². The first-order valence-corrected chi connectivity index (χ1v) is 7.97. The first kappa shape index (κ1) is 14.4. The highest BCUT2D eigenvalue weighted by molar-refractivity contribution is 5.78. The molecule has 0 aromatic heterocycles. The molecule has 2 aliphatic rings. The molecule has 0 aliphatic carbocycles. The normalized spacial score (nSPS) is 28.4. The Hall–Kier alpha value is -2.17. The summed E-state index contributed by atoms with van der Waals surface area (Å²) in [6.45, 7) is 2.48. The van der Waals surface area contributed by atoms with Crippen molar-refractivity contribution in [2.75, 3.05) is 6.61 Å². The van der Waals surface area contributed by atoms with Gasteiger partial charge in [0.1, 0.15) is 12.1 Å². The van der Waals surface area contributed by atoms with Gasteiger partial charge in [0, 0.05) is 0 Å². The molecule has 2 heterocycles. The van der Waals surface area contributed by atoms with Crippen molar-refractivity contribution in [3.8, 4) is 0 Å². The van der Waals surface area contributed by atoms with Crippen molar-refractivity contribution in [1.82, 2.24) is 5.06 Å². The van der Waals surface area contributed by atoms with Crippen LogP contribution in [0.15, 0.2) is 60.7 Å². The minimum absolute atomic E-state index is 0.0111. The van der Waals surface area contributed by atoms with E-state index in [-0.39, 0.29) is 30.1 Å². The topological polar surface area (TPSA) is 38.8 Å². The lowest BCUT2D eigenvalue weighted by Gasteiger charge is -2.27. The molecule has 0 amide bonds. The van der Waals surface area contributed by atoms with Gasteiger partial charge in [0.2, 0.25) is 0 Å². The molecule has 23 heavy (non-hydrogen) atoms. The van der Waals surface area contributed by atoms with Crippen LogP contribution in [0.5, 0.6) is 0 Å². The Labute approximate surface area is 135 Å². The van der Waals surface area contributed by atoms with Crippen molar-refractivity contribution in [2.45, 2.75) is 25.1 Å². The number of hydrogen-bond acceptors (Lipinski definition) is 4. The zero-order valence-electron chi connectivity index (χ0n) is 13.0. The van der Waals surface area contributed by atoms with E-state index in [0.717, 1.165) is 11.1 Å². The standard InChI is InChI=1S/C19H19NO3/c1-13(14-8-4-2-5-9-14)20-17-16(12-22-19(17)21)18(23-20)15-10-6-3-7-11-15/h2-11,13,16-18H,12H2,1H3/t13-,16-,17-,18-/m0/s1. The van der Waals surface area contributed by atoms with Crippen LogP contribution in [0.1, 0.15) is 30.2 Å². The monoisotopic (exact) mass is 309 g/mol. The molecule has 0 saturated carbocycles. The van der Waals surface area contributed by atoms with E-state index in [4.69, 9.17) is 9.57 Å². The minimum Gasteiger partial charge on any atom is -0.464 e. The molecular weight excluding hydrogens is 290 g/mol. The molecule has 0 unspecified atom stereocenters. The number of hydrogen-bond donors (Lipinski definition) is 0. The third-order valence-electron chi connectivity index (χ3n) is 4.76. The molecule has 2 fully saturated rings. The Kier molecular flexibility index (Phi) is 3.63. The maximum Gasteiger partial charge on any atom is 0.326 e. The van der Waals surface area contributed by atoms with Gasteiger partial charge in [-0.05, 0) is 18.1 Å². The van der Waals surface area contributed by atoms with Crippen LogP contribution in [0.2, 0.25) is 0 Å². The third kappa shape index (κ3) is 2.44. The number of nitrogens with zero attached hydrogens (tertiary/aromatic N) is 1. The van der Waals surface area contributed by atoms with E-state index in [1.807, 2.05) is 53.6 Å². The summed E-state index contributed by atoms with van der Waals surface area (Å²) in [5, 5.41) is 1.83. The molecule has 2 saturated heterocycles. The van der Waals surface area contributed by atoms with Crippen molar-refractivity contribution in [3.05, 3.63) is 71.8 Å². The zero-order valence-corrected chi connectivity index (χ0v) is 13.0. The van der Waals surface area contributed by atoms with Crippen LogP contribution in [0, 0.1) is 5.92 Å². The third-order valence-corrected chi connectivity index (χ3v) is 4.76. The lowest BCUT2D eigenvalue weighted by atomic mass is 9.92. The summed E-state index contributed by atoms with van der Waals surface area (Å²) >= 11 is 0. The number of benzene rings is 2. The molecule has 0 spiro atoms. The lowest BCUT2D eigenvalue weighted by Crippen LogP contribution is -2.37. The van der Waals surface area contributed by atoms with E-state index < -0.39 is 0 Å². The average Bonchev–Trinajstić information content (AvgIpc) is 3.17. The largest absolute Gasteiger partial charge is 0.464 e. The predicted octanol–water partition coefficient (Wildman–Crippen LogP) is 3.28. The predicted molar refractivity (Wildman–Crippen MR) is 85.2 cm³/mol. The first-order valence-electron chi connectivity index (χ1n) is 7.97. The van der Waals surface area contributed by atoms with Crippen LogP contribution in [-0.2, 0) is 14.4 Å². The van der Waals surface area contributed by atoms with Gasteiger partial charge in [0.25, 0.3) is 0 Å². The Balaban J connectivity index is 1.66. The quantitative estimate of drug-likeness (QED) is 0.816. The zero-order chi connectivity index (χ0) is 15.8. The second kappa shape index (κ2) is 5.80. The van der Waals surface area contributed by atoms with Gasteiger partial charge in [-0.1, -0.05) is 60.7 Å². The fraction of sp³-hybridized carbons (Fsp3) is 0.316. The van der Waals surface area contributed by atoms with Gasteiger partial charge < -0.3 is 4.74 Å². The highest BCUT2D eigenvalue weighted by Gasteiger charge is 2.54. The van der Waals surface area contributed by atoms with Crippen molar-refractivity contribution >= 4 is 5.97 Å². The maximum atomic E-state index is 12.2. The van der Waals surface area contributed by atoms with Crippen LogP contribution >= 0.6 is 0 Å². The van der Waals surface area contributed by atoms with Gasteiger partial charge >= 0.3 is 5.97 Å². The van der Waals surface area contributed by atoms with Gasteiger partial charge in [0.15, 0.2) is 0 Å². The van der Waals surface area contributed by atoms with Crippen LogP contribution < -0.4 is 0 Å². The number of carbonyl (C=O) groups is 1. The molecule has 0 N–H and O–H groups in total. The number of hydroxylamine groups is 2. The summed E-state index contributed by atoms with van der Waals surface area (Å²) < 4.78 is 5.33. The van der Waals surface area contributed by atoms with Crippen LogP contribution in [0.3, 0.4) is 0 Å². The summed E-state index contributed by atoms with van der Waals surface area (Å²) in [6.07, 6.45) is -0.140. The van der Waals surface area contributed by atoms with Crippen molar-refractivity contribution in [3.63, 3.8) is 0 Å². The van der Waals surface area contributed by atoms with E-state index in [2.05, 4.69) is 19.1 Å². The molecule has 4 rings (SSSR count). The average molecular weight is 309 g/mol. The number of cyclic esters (lactones) is 1. The summed E-state index contributed by atoms with van der Waals surface area (Å²) in [5.41, 5.74) is 2.21. The van der Waals surface area contributed by atoms with Gasteiger partial charge in [-0.15, -0.1) is 0 Å². The maximum absolute atomic E-state index is 12.2. The SMILES string of the molecule is C[C@@H](c1ccccc1)N1O[C@@H](c2ccccc2)[C@H]2COC(=O)[C@H]21. The second-order valence-electron chi connectivity index (χ2n) is 6.12.